The zero-order valence-electron chi connectivity index (χ0n) is 13.2. The molecule has 24 heavy (non-hydrogen) atoms. The van der Waals surface area contributed by atoms with Gasteiger partial charge >= 0.3 is 0 Å². The first kappa shape index (κ1) is 15.2. The molecule has 0 N–H and O–H groups in total. The van der Waals surface area contributed by atoms with Crippen LogP contribution in [0.1, 0.15) is 21.6 Å². The van der Waals surface area contributed by atoms with Crippen LogP contribution in [0.2, 0.25) is 0 Å². The number of nitrogens with zero attached hydrogens (tertiary/aromatic N) is 3. The standard InChI is InChI=1S/C18H16BrN3O2/c1-24-17-8-14(19)11-22-16(17)9-15(20-22)18(23)21-7-6-12-4-2-3-5-13(12)10-21/h2-5,8-9,11H,6-7,10H2,1H3. The van der Waals surface area contributed by atoms with Crippen molar-refractivity contribution in [1.29, 1.82) is 0 Å². The lowest BCUT2D eigenvalue weighted by Crippen LogP contribution is -2.36. The normalized spacial score (nSPS) is 13.8. The molecule has 0 atom stereocenters. The summed E-state index contributed by atoms with van der Waals surface area (Å²) >= 11 is 3.43. The summed E-state index contributed by atoms with van der Waals surface area (Å²) in [7, 11) is 1.61. The Kier molecular flexibility index (Phi) is 3.76. The van der Waals surface area contributed by atoms with E-state index in [0.717, 1.165) is 16.4 Å². The zero-order chi connectivity index (χ0) is 16.7. The van der Waals surface area contributed by atoms with Crippen LogP contribution in [-0.2, 0) is 13.0 Å². The minimum atomic E-state index is -0.0496. The Labute approximate surface area is 148 Å². The summed E-state index contributed by atoms with van der Waals surface area (Å²) in [5, 5.41) is 4.43. The minimum absolute atomic E-state index is 0.0496. The summed E-state index contributed by atoms with van der Waals surface area (Å²) in [4.78, 5) is 14.7. The molecule has 1 amide bonds. The first-order chi connectivity index (χ1) is 11.7. The van der Waals surface area contributed by atoms with Crippen LogP contribution in [0.15, 0.2) is 47.1 Å². The number of ether oxygens (including phenoxy) is 1. The number of fused-ring (bicyclic) bond motifs is 2. The number of pyridine rings is 1. The SMILES string of the molecule is COc1cc(Br)cn2nc(C(=O)N3CCc4ccccc4C3)cc12. The van der Waals surface area contributed by atoms with E-state index in [-0.39, 0.29) is 5.91 Å². The Balaban J connectivity index is 1.67. The van der Waals surface area contributed by atoms with E-state index in [1.807, 2.05) is 29.3 Å². The lowest BCUT2D eigenvalue weighted by atomic mass is 10.00. The van der Waals surface area contributed by atoms with E-state index in [4.69, 9.17) is 4.74 Å². The highest BCUT2D eigenvalue weighted by molar-refractivity contribution is 9.10. The minimum Gasteiger partial charge on any atom is -0.494 e. The van der Waals surface area contributed by atoms with Gasteiger partial charge in [0.15, 0.2) is 5.69 Å². The third-order valence-electron chi connectivity index (χ3n) is 4.36. The number of halogens is 1. The molecule has 6 heteroatoms. The van der Waals surface area contributed by atoms with Crippen molar-refractivity contribution in [2.24, 2.45) is 0 Å². The average molecular weight is 386 g/mol. The van der Waals surface area contributed by atoms with Crippen LogP contribution in [0, 0.1) is 0 Å². The molecule has 4 rings (SSSR count). The molecule has 0 bridgehead atoms. The fraction of sp³-hybridized carbons (Fsp3) is 0.222. The monoisotopic (exact) mass is 385 g/mol. The summed E-state index contributed by atoms with van der Waals surface area (Å²) in [5.74, 6) is 0.631. The van der Waals surface area contributed by atoms with Crippen LogP contribution in [0.25, 0.3) is 5.52 Å². The molecule has 0 radical (unpaired) electrons. The summed E-state index contributed by atoms with van der Waals surface area (Å²) in [6, 6.07) is 11.9. The molecular weight excluding hydrogens is 370 g/mol. The number of amides is 1. The van der Waals surface area contributed by atoms with Crippen LogP contribution in [0.5, 0.6) is 5.75 Å². The van der Waals surface area contributed by atoms with E-state index in [1.54, 1.807) is 17.7 Å². The number of hydrogen-bond acceptors (Lipinski definition) is 3. The number of aromatic nitrogens is 2. The number of hydrogen-bond donors (Lipinski definition) is 0. The molecule has 3 heterocycles. The van der Waals surface area contributed by atoms with Crippen LogP contribution < -0.4 is 4.74 Å². The molecule has 0 fully saturated rings. The number of rotatable bonds is 2. The summed E-state index contributed by atoms with van der Waals surface area (Å²) < 4.78 is 7.90. The van der Waals surface area contributed by atoms with Gasteiger partial charge in [0, 0.05) is 29.8 Å². The molecule has 0 saturated heterocycles. The van der Waals surface area contributed by atoms with Crippen molar-refractivity contribution >= 4 is 27.4 Å². The van der Waals surface area contributed by atoms with Gasteiger partial charge in [0.25, 0.3) is 5.91 Å². The van der Waals surface area contributed by atoms with Gasteiger partial charge in [0.2, 0.25) is 0 Å². The van der Waals surface area contributed by atoms with Gasteiger partial charge in [-0.15, -0.1) is 0 Å². The Hall–Kier alpha value is -2.34. The van der Waals surface area contributed by atoms with Crippen molar-refractivity contribution < 1.29 is 9.53 Å². The topological polar surface area (TPSA) is 46.8 Å². The highest BCUT2D eigenvalue weighted by Gasteiger charge is 2.24. The second kappa shape index (κ2) is 5.94. The van der Waals surface area contributed by atoms with Crippen molar-refractivity contribution in [3.63, 3.8) is 0 Å². The maximum Gasteiger partial charge on any atom is 0.274 e. The van der Waals surface area contributed by atoms with E-state index >= 15 is 0 Å². The highest BCUT2D eigenvalue weighted by Crippen LogP contribution is 2.26. The van der Waals surface area contributed by atoms with Crippen LogP contribution in [-0.4, -0.2) is 34.1 Å². The Morgan fingerprint density at radius 1 is 1.25 bits per heavy atom. The molecular formula is C18H16BrN3O2. The Morgan fingerprint density at radius 3 is 2.83 bits per heavy atom. The molecule has 5 nitrogen and oxygen atoms in total. The molecule has 0 saturated carbocycles. The first-order valence-electron chi connectivity index (χ1n) is 7.74. The third kappa shape index (κ3) is 2.57. The maximum absolute atomic E-state index is 12.9. The van der Waals surface area contributed by atoms with Crippen molar-refractivity contribution in [2.75, 3.05) is 13.7 Å². The van der Waals surface area contributed by atoms with Crippen LogP contribution in [0.4, 0.5) is 0 Å². The quantitative estimate of drug-likeness (QED) is 0.679. The van der Waals surface area contributed by atoms with Gasteiger partial charge in [-0.3, -0.25) is 4.79 Å². The van der Waals surface area contributed by atoms with Crippen molar-refractivity contribution in [1.82, 2.24) is 14.5 Å². The highest BCUT2D eigenvalue weighted by atomic mass is 79.9. The number of methoxy groups -OCH3 is 1. The third-order valence-corrected chi connectivity index (χ3v) is 4.79. The van der Waals surface area contributed by atoms with E-state index in [1.165, 1.54) is 11.1 Å². The predicted molar refractivity (Wildman–Crippen MR) is 94.3 cm³/mol. The van der Waals surface area contributed by atoms with Gasteiger partial charge in [0.05, 0.1) is 7.11 Å². The molecule has 1 aliphatic heterocycles. The largest absolute Gasteiger partial charge is 0.494 e. The van der Waals surface area contributed by atoms with Crippen molar-refractivity contribution in [3.05, 3.63) is 63.9 Å². The van der Waals surface area contributed by atoms with E-state index in [9.17, 15) is 4.79 Å². The second-order valence-corrected chi connectivity index (χ2v) is 6.75. The second-order valence-electron chi connectivity index (χ2n) is 5.83. The van der Waals surface area contributed by atoms with Gasteiger partial charge in [0.1, 0.15) is 11.3 Å². The lowest BCUT2D eigenvalue weighted by Gasteiger charge is -2.28. The molecule has 0 unspecified atom stereocenters. The molecule has 1 aliphatic rings. The van der Waals surface area contributed by atoms with E-state index in [0.29, 0.717) is 24.5 Å². The van der Waals surface area contributed by atoms with E-state index in [2.05, 4.69) is 33.2 Å². The van der Waals surface area contributed by atoms with Gasteiger partial charge in [-0.2, -0.15) is 5.10 Å². The Morgan fingerprint density at radius 2 is 2.04 bits per heavy atom. The average Bonchev–Trinajstić information content (AvgIpc) is 3.03. The van der Waals surface area contributed by atoms with Crippen LogP contribution in [0.3, 0.4) is 0 Å². The fourth-order valence-electron chi connectivity index (χ4n) is 3.13. The molecule has 3 aromatic rings. The van der Waals surface area contributed by atoms with Crippen molar-refractivity contribution in [3.8, 4) is 5.75 Å². The summed E-state index contributed by atoms with van der Waals surface area (Å²) in [5.41, 5.74) is 3.75. The van der Waals surface area contributed by atoms with E-state index < -0.39 is 0 Å². The molecule has 122 valence electrons. The first-order valence-corrected chi connectivity index (χ1v) is 8.54. The molecule has 0 aliphatic carbocycles. The number of benzene rings is 1. The van der Waals surface area contributed by atoms with Crippen LogP contribution >= 0.6 is 15.9 Å². The van der Waals surface area contributed by atoms with Gasteiger partial charge < -0.3 is 9.64 Å². The molecule has 1 aromatic carbocycles. The predicted octanol–water partition coefficient (Wildman–Crippen LogP) is 3.30. The molecule has 2 aromatic heterocycles. The van der Waals surface area contributed by atoms with Gasteiger partial charge in [-0.1, -0.05) is 24.3 Å². The van der Waals surface area contributed by atoms with Gasteiger partial charge in [-0.05, 0) is 39.5 Å². The van der Waals surface area contributed by atoms with Gasteiger partial charge in [-0.25, -0.2) is 4.52 Å². The Bertz CT molecular complexity index is 935. The van der Waals surface area contributed by atoms with Crippen molar-refractivity contribution in [2.45, 2.75) is 13.0 Å². The number of carbonyl (C=O) groups is 1. The smallest absolute Gasteiger partial charge is 0.274 e. The summed E-state index contributed by atoms with van der Waals surface area (Å²) in [6.07, 6.45) is 2.70. The fourth-order valence-corrected chi connectivity index (χ4v) is 3.53. The molecule has 0 spiro atoms. The zero-order valence-corrected chi connectivity index (χ0v) is 14.8. The number of carbonyl (C=O) groups excluding carboxylic acids is 1. The summed E-state index contributed by atoms with van der Waals surface area (Å²) in [6.45, 7) is 1.34. The maximum atomic E-state index is 12.9. The lowest BCUT2D eigenvalue weighted by molar-refractivity contribution is 0.0728.